The number of allylic oxidation sites excluding steroid dienone is 4. The highest BCUT2D eigenvalue weighted by atomic mass is 16.5. The number of aliphatic hydroxyl groups excluding tert-OH is 1. The number of aromatic hydroxyl groups is 1. The van der Waals surface area contributed by atoms with Crippen LogP contribution in [0.15, 0.2) is 35.4 Å². The van der Waals surface area contributed by atoms with Gasteiger partial charge in [-0.15, -0.1) is 0 Å². The molecule has 1 aliphatic heterocycles. The first-order valence-corrected chi connectivity index (χ1v) is 9.20. The molecule has 3 nitrogen and oxygen atoms in total. The number of phenolic OH excluding ortho intramolecular Hbond substituents is 1. The molecule has 1 aromatic rings. The van der Waals surface area contributed by atoms with Crippen molar-refractivity contribution in [3.05, 3.63) is 46.6 Å². The Balaban J connectivity index is 2.00. The minimum atomic E-state index is -0.621. The van der Waals surface area contributed by atoms with Crippen molar-refractivity contribution in [1.29, 1.82) is 0 Å². The first-order chi connectivity index (χ1) is 11.7. The largest absolute Gasteiger partial charge is 0.508 e. The van der Waals surface area contributed by atoms with Gasteiger partial charge in [0.2, 0.25) is 0 Å². The van der Waals surface area contributed by atoms with Crippen molar-refractivity contribution in [1.82, 2.24) is 0 Å². The summed E-state index contributed by atoms with van der Waals surface area (Å²) in [5.41, 5.74) is 3.79. The van der Waals surface area contributed by atoms with Gasteiger partial charge in [0.15, 0.2) is 0 Å². The molecule has 0 saturated heterocycles. The number of aliphatic hydroxyl groups is 1. The van der Waals surface area contributed by atoms with E-state index >= 15 is 0 Å². The van der Waals surface area contributed by atoms with E-state index in [0.29, 0.717) is 17.7 Å². The summed E-state index contributed by atoms with van der Waals surface area (Å²) >= 11 is 0. The fourth-order valence-electron chi connectivity index (χ4n) is 3.30. The molecule has 0 spiro atoms. The molecule has 0 saturated carbocycles. The summed E-state index contributed by atoms with van der Waals surface area (Å²) in [5, 5.41) is 20.7. The summed E-state index contributed by atoms with van der Waals surface area (Å²) in [6.07, 6.45) is 8.11. The number of hydrogen-bond donors (Lipinski definition) is 2. The van der Waals surface area contributed by atoms with Crippen molar-refractivity contribution < 1.29 is 14.9 Å². The molecule has 1 aromatic carbocycles. The zero-order chi connectivity index (χ0) is 18.6. The Hall–Kier alpha value is -1.74. The number of phenols is 1. The van der Waals surface area contributed by atoms with E-state index in [1.165, 1.54) is 11.1 Å². The van der Waals surface area contributed by atoms with E-state index in [-0.39, 0.29) is 5.75 Å². The summed E-state index contributed by atoms with van der Waals surface area (Å²) in [7, 11) is 0. The number of ether oxygens (including phenoxy) is 1. The van der Waals surface area contributed by atoms with E-state index in [4.69, 9.17) is 4.74 Å². The second kappa shape index (κ2) is 8.09. The Bertz CT molecular complexity index is 668. The van der Waals surface area contributed by atoms with Gasteiger partial charge in [-0.25, -0.2) is 0 Å². The molecule has 3 heteroatoms. The quantitative estimate of drug-likeness (QED) is 0.695. The van der Waals surface area contributed by atoms with E-state index in [2.05, 4.69) is 32.9 Å². The SMILES string of the molecule is CC(C)=CCCC(C)=CCC[C@]1(C)Oc2cc(C)cc(O)c2C[C@@H]1O. The van der Waals surface area contributed by atoms with Gasteiger partial charge < -0.3 is 14.9 Å². The minimum Gasteiger partial charge on any atom is -0.508 e. The molecule has 138 valence electrons. The second-order valence-electron chi connectivity index (χ2n) is 7.80. The van der Waals surface area contributed by atoms with Crippen LogP contribution in [-0.2, 0) is 6.42 Å². The van der Waals surface area contributed by atoms with Crippen LogP contribution in [0.5, 0.6) is 11.5 Å². The van der Waals surface area contributed by atoms with Gasteiger partial charge in [0, 0.05) is 12.0 Å². The van der Waals surface area contributed by atoms with E-state index in [1.807, 2.05) is 19.9 Å². The highest BCUT2D eigenvalue weighted by molar-refractivity contribution is 5.49. The van der Waals surface area contributed by atoms with Crippen molar-refractivity contribution in [2.45, 2.75) is 78.4 Å². The maximum atomic E-state index is 10.6. The molecule has 2 N–H and O–H groups in total. The van der Waals surface area contributed by atoms with Gasteiger partial charge in [0.05, 0.1) is 6.10 Å². The average Bonchev–Trinajstić information content (AvgIpc) is 2.49. The molecule has 0 bridgehead atoms. The fourth-order valence-corrected chi connectivity index (χ4v) is 3.30. The Morgan fingerprint density at radius 2 is 1.96 bits per heavy atom. The summed E-state index contributed by atoms with van der Waals surface area (Å²) in [6.45, 7) is 10.3. The zero-order valence-electron chi connectivity index (χ0n) is 16.2. The summed E-state index contributed by atoms with van der Waals surface area (Å²) in [4.78, 5) is 0. The third-order valence-electron chi connectivity index (χ3n) is 5.00. The van der Waals surface area contributed by atoms with Gasteiger partial charge in [-0.1, -0.05) is 23.3 Å². The van der Waals surface area contributed by atoms with Crippen molar-refractivity contribution in [3.63, 3.8) is 0 Å². The Kier molecular flexibility index (Phi) is 6.34. The van der Waals surface area contributed by atoms with Crippen LogP contribution in [-0.4, -0.2) is 21.9 Å². The lowest BCUT2D eigenvalue weighted by Crippen LogP contribution is -2.48. The van der Waals surface area contributed by atoms with Crippen LogP contribution in [0.3, 0.4) is 0 Å². The van der Waals surface area contributed by atoms with Gasteiger partial charge in [0.25, 0.3) is 0 Å². The van der Waals surface area contributed by atoms with Crippen LogP contribution in [0, 0.1) is 6.92 Å². The summed E-state index contributed by atoms with van der Waals surface area (Å²) in [5.74, 6) is 0.917. The van der Waals surface area contributed by atoms with Crippen LogP contribution in [0.2, 0.25) is 0 Å². The van der Waals surface area contributed by atoms with Crippen LogP contribution >= 0.6 is 0 Å². The van der Waals surface area contributed by atoms with Gasteiger partial charge in [-0.3, -0.25) is 0 Å². The van der Waals surface area contributed by atoms with Crippen molar-refractivity contribution >= 4 is 0 Å². The maximum Gasteiger partial charge on any atom is 0.133 e. The molecule has 0 aromatic heterocycles. The summed E-state index contributed by atoms with van der Waals surface area (Å²) < 4.78 is 6.14. The van der Waals surface area contributed by atoms with Gasteiger partial charge in [0.1, 0.15) is 17.1 Å². The van der Waals surface area contributed by atoms with Crippen LogP contribution < -0.4 is 4.74 Å². The third-order valence-corrected chi connectivity index (χ3v) is 5.00. The van der Waals surface area contributed by atoms with Crippen LogP contribution in [0.1, 0.15) is 64.5 Å². The molecule has 0 unspecified atom stereocenters. The predicted octanol–water partition coefficient (Wildman–Crippen LogP) is 5.23. The van der Waals surface area contributed by atoms with Gasteiger partial charge in [-0.2, -0.15) is 0 Å². The fraction of sp³-hybridized carbons (Fsp3) is 0.545. The molecule has 0 amide bonds. The first kappa shape index (κ1) is 19.6. The van der Waals surface area contributed by atoms with E-state index < -0.39 is 11.7 Å². The number of fused-ring (bicyclic) bond motifs is 1. The molecule has 25 heavy (non-hydrogen) atoms. The average molecular weight is 344 g/mol. The van der Waals surface area contributed by atoms with Crippen molar-refractivity contribution in [2.75, 3.05) is 0 Å². The van der Waals surface area contributed by atoms with E-state index in [1.54, 1.807) is 6.07 Å². The number of benzene rings is 1. The number of rotatable bonds is 6. The lowest BCUT2D eigenvalue weighted by molar-refractivity contribution is -0.0592. The first-order valence-electron chi connectivity index (χ1n) is 9.20. The van der Waals surface area contributed by atoms with E-state index in [0.717, 1.165) is 31.2 Å². The molecule has 2 atom stereocenters. The molecule has 2 rings (SSSR count). The standard InChI is InChI=1S/C22H32O3/c1-15(2)8-6-9-16(3)10-7-11-22(5)21(24)14-18-19(23)12-17(4)13-20(18)25-22/h8,10,12-13,21,23-24H,6-7,9,11,14H2,1-5H3/t21-,22-/m0/s1. The van der Waals surface area contributed by atoms with Gasteiger partial charge >= 0.3 is 0 Å². The Labute approximate surface area is 152 Å². The predicted molar refractivity (Wildman–Crippen MR) is 103 cm³/mol. The normalized spacial score (nSPS) is 23.0. The highest BCUT2D eigenvalue weighted by Crippen LogP contribution is 2.40. The molecule has 0 radical (unpaired) electrons. The molecule has 0 aliphatic carbocycles. The lowest BCUT2D eigenvalue weighted by Gasteiger charge is -2.40. The Morgan fingerprint density at radius 1 is 1.24 bits per heavy atom. The minimum absolute atomic E-state index is 0.214. The van der Waals surface area contributed by atoms with Crippen molar-refractivity contribution in [3.8, 4) is 11.5 Å². The molecule has 0 fully saturated rings. The van der Waals surface area contributed by atoms with E-state index in [9.17, 15) is 10.2 Å². The number of aryl methyl sites for hydroxylation is 1. The lowest BCUT2D eigenvalue weighted by atomic mass is 9.85. The molecular formula is C22H32O3. The van der Waals surface area contributed by atoms with Crippen molar-refractivity contribution in [2.24, 2.45) is 0 Å². The van der Waals surface area contributed by atoms with Gasteiger partial charge in [-0.05, 0) is 78.0 Å². The topological polar surface area (TPSA) is 49.7 Å². The molecular weight excluding hydrogens is 312 g/mol. The zero-order valence-corrected chi connectivity index (χ0v) is 16.2. The van der Waals surface area contributed by atoms with Crippen LogP contribution in [0.25, 0.3) is 0 Å². The highest BCUT2D eigenvalue weighted by Gasteiger charge is 2.40. The second-order valence-corrected chi connectivity index (χ2v) is 7.80. The molecule has 1 aliphatic rings. The Morgan fingerprint density at radius 3 is 2.64 bits per heavy atom. The summed E-state index contributed by atoms with van der Waals surface area (Å²) in [6, 6.07) is 3.66. The van der Waals surface area contributed by atoms with Crippen LogP contribution in [0.4, 0.5) is 0 Å². The number of hydrogen-bond acceptors (Lipinski definition) is 3. The maximum absolute atomic E-state index is 10.6. The smallest absolute Gasteiger partial charge is 0.133 e. The monoisotopic (exact) mass is 344 g/mol. The molecule has 1 heterocycles. The third kappa shape index (κ3) is 5.12.